The van der Waals surface area contributed by atoms with Crippen LogP contribution in [-0.2, 0) is 6.54 Å². The molecule has 0 spiro atoms. The summed E-state index contributed by atoms with van der Waals surface area (Å²) in [5.74, 6) is 4.31. The largest absolute Gasteiger partial charge is 0.326 e. The van der Waals surface area contributed by atoms with Crippen molar-refractivity contribution in [2.24, 2.45) is 5.73 Å². The molecule has 0 amide bonds. The smallest absolute Gasteiger partial charge is 0.117 e. The van der Waals surface area contributed by atoms with Gasteiger partial charge in [-0.25, -0.2) is 4.98 Å². The third kappa shape index (κ3) is 1.96. The van der Waals surface area contributed by atoms with Crippen LogP contribution in [0.5, 0.6) is 0 Å². The van der Waals surface area contributed by atoms with Gasteiger partial charge in [0, 0.05) is 24.4 Å². The van der Waals surface area contributed by atoms with Gasteiger partial charge in [-0.2, -0.15) is 11.8 Å². The highest BCUT2D eigenvalue weighted by Crippen LogP contribution is 2.31. The number of fused-ring (bicyclic) bond motifs is 1. The lowest BCUT2D eigenvalue weighted by Gasteiger charge is -2.20. The number of nitrogens with two attached hydrogens (primary N) is 1. The summed E-state index contributed by atoms with van der Waals surface area (Å²) in [4.78, 5) is 4.62. The Labute approximate surface area is 105 Å². The van der Waals surface area contributed by atoms with Gasteiger partial charge >= 0.3 is 0 Å². The van der Waals surface area contributed by atoms with Crippen LogP contribution >= 0.6 is 11.8 Å². The third-order valence-electron chi connectivity index (χ3n) is 3.43. The van der Waals surface area contributed by atoms with Gasteiger partial charge in [-0.1, -0.05) is 6.07 Å². The first-order valence-corrected chi connectivity index (χ1v) is 7.28. The van der Waals surface area contributed by atoms with E-state index in [4.69, 9.17) is 5.73 Å². The molecule has 0 aromatic carbocycles. The van der Waals surface area contributed by atoms with E-state index in [1.54, 1.807) is 0 Å². The van der Waals surface area contributed by atoms with Gasteiger partial charge in [0.15, 0.2) is 0 Å². The SMILES string of the molecule is NCc1cccn2c(C3CCCSC3)ncc12. The van der Waals surface area contributed by atoms with E-state index in [2.05, 4.69) is 27.7 Å². The molecule has 3 rings (SSSR count). The van der Waals surface area contributed by atoms with E-state index in [1.807, 2.05) is 18.0 Å². The van der Waals surface area contributed by atoms with Gasteiger partial charge in [0.25, 0.3) is 0 Å². The molecule has 17 heavy (non-hydrogen) atoms. The van der Waals surface area contributed by atoms with Gasteiger partial charge in [-0.15, -0.1) is 0 Å². The second-order valence-electron chi connectivity index (χ2n) is 4.52. The summed E-state index contributed by atoms with van der Waals surface area (Å²) >= 11 is 2.04. The van der Waals surface area contributed by atoms with Gasteiger partial charge < -0.3 is 10.1 Å². The molecule has 2 aromatic heterocycles. The molecule has 2 aromatic rings. The molecule has 0 aliphatic carbocycles. The van der Waals surface area contributed by atoms with E-state index < -0.39 is 0 Å². The number of pyridine rings is 1. The van der Waals surface area contributed by atoms with E-state index in [0.29, 0.717) is 12.5 Å². The van der Waals surface area contributed by atoms with Crippen LogP contribution in [0.1, 0.15) is 30.1 Å². The Morgan fingerprint density at radius 3 is 3.24 bits per heavy atom. The highest BCUT2D eigenvalue weighted by molar-refractivity contribution is 7.99. The number of rotatable bonds is 2. The van der Waals surface area contributed by atoms with Gasteiger partial charge in [-0.3, -0.25) is 0 Å². The summed E-state index contributed by atoms with van der Waals surface area (Å²) in [7, 11) is 0. The summed E-state index contributed by atoms with van der Waals surface area (Å²) in [5.41, 5.74) is 8.10. The van der Waals surface area contributed by atoms with Crippen LogP contribution in [0, 0.1) is 0 Å². The van der Waals surface area contributed by atoms with Crippen molar-refractivity contribution < 1.29 is 0 Å². The summed E-state index contributed by atoms with van der Waals surface area (Å²) in [6.07, 6.45) is 6.65. The van der Waals surface area contributed by atoms with Crippen molar-refractivity contribution in [3.63, 3.8) is 0 Å². The molecule has 3 nitrogen and oxygen atoms in total. The molecule has 3 heterocycles. The Morgan fingerprint density at radius 2 is 2.47 bits per heavy atom. The third-order valence-corrected chi connectivity index (χ3v) is 4.65. The van der Waals surface area contributed by atoms with E-state index in [1.165, 1.54) is 41.3 Å². The van der Waals surface area contributed by atoms with Crippen molar-refractivity contribution in [3.8, 4) is 0 Å². The van der Waals surface area contributed by atoms with E-state index >= 15 is 0 Å². The fraction of sp³-hybridized carbons (Fsp3) is 0.462. The number of nitrogens with zero attached hydrogens (tertiary/aromatic N) is 2. The second kappa shape index (κ2) is 4.70. The van der Waals surface area contributed by atoms with Gasteiger partial charge in [0.1, 0.15) is 5.82 Å². The first kappa shape index (κ1) is 11.1. The summed E-state index contributed by atoms with van der Waals surface area (Å²) in [5, 5.41) is 0. The zero-order valence-electron chi connectivity index (χ0n) is 9.80. The molecule has 1 fully saturated rings. The molecule has 0 saturated carbocycles. The van der Waals surface area contributed by atoms with Crippen molar-refractivity contribution in [1.82, 2.24) is 9.38 Å². The average molecular weight is 247 g/mol. The monoisotopic (exact) mass is 247 g/mol. The number of hydrogen-bond donors (Lipinski definition) is 1. The highest BCUT2D eigenvalue weighted by atomic mass is 32.2. The van der Waals surface area contributed by atoms with Crippen LogP contribution in [0.25, 0.3) is 5.52 Å². The Kier molecular flexibility index (Phi) is 3.07. The number of thioether (sulfide) groups is 1. The topological polar surface area (TPSA) is 43.3 Å². The number of aromatic nitrogens is 2. The quantitative estimate of drug-likeness (QED) is 0.886. The Bertz CT molecular complexity index is 514. The van der Waals surface area contributed by atoms with Crippen molar-refractivity contribution in [3.05, 3.63) is 35.9 Å². The summed E-state index contributed by atoms with van der Waals surface area (Å²) in [6, 6.07) is 4.15. The average Bonchev–Trinajstić information content (AvgIpc) is 2.83. The number of imidazole rings is 1. The van der Waals surface area contributed by atoms with Crippen molar-refractivity contribution in [2.45, 2.75) is 25.3 Å². The molecule has 1 saturated heterocycles. The molecule has 1 atom stereocenters. The highest BCUT2D eigenvalue weighted by Gasteiger charge is 2.20. The Morgan fingerprint density at radius 1 is 1.53 bits per heavy atom. The van der Waals surface area contributed by atoms with Crippen LogP contribution < -0.4 is 5.73 Å². The standard InChI is InChI=1S/C13H17N3S/c14-7-10-3-1-5-16-12(10)8-15-13(16)11-4-2-6-17-9-11/h1,3,5,8,11H,2,4,6-7,9,14H2. The van der Waals surface area contributed by atoms with Crippen LogP contribution in [-0.4, -0.2) is 20.9 Å². The van der Waals surface area contributed by atoms with Crippen molar-refractivity contribution >= 4 is 17.3 Å². The molecule has 1 unspecified atom stereocenters. The summed E-state index contributed by atoms with van der Waals surface area (Å²) in [6.45, 7) is 0.578. The molecule has 90 valence electrons. The maximum absolute atomic E-state index is 5.76. The van der Waals surface area contributed by atoms with Gasteiger partial charge in [0.05, 0.1) is 11.7 Å². The molecule has 0 radical (unpaired) electrons. The van der Waals surface area contributed by atoms with Crippen molar-refractivity contribution in [2.75, 3.05) is 11.5 Å². The van der Waals surface area contributed by atoms with E-state index in [0.717, 1.165) is 0 Å². The maximum Gasteiger partial charge on any atom is 0.117 e. The summed E-state index contributed by atoms with van der Waals surface area (Å²) < 4.78 is 2.22. The molecule has 2 N–H and O–H groups in total. The fourth-order valence-electron chi connectivity index (χ4n) is 2.52. The van der Waals surface area contributed by atoms with Crippen LogP contribution in [0.15, 0.2) is 24.5 Å². The minimum atomic E-state index is 0.578. The molecular weight excluding hydrogens is 230 g/mol. The maximum atomic E-state index is 5.76. The molecule has 0 bridgehead atoms. The zero-order chi connectivity index (χ0) is 11.7. The Hall–Kier alpha value is -1.00. The predicted octanol–water partition coefficient (Wildman–Crippen LogP) is 2.40. The second-order valence-corrected chi connectivity index (χ2v) is 5.67. The lowest BCUT2D eigenvalue weighted by molar-refractivity contribution is 0.621. The molecule has 4 heteroatoms. The first-order valence-electron chi connectivity index (χ1n) is 6.13. The normalized spacial score (nSPS) is 20.9. The molecule has 1 aliphatic rings. The first-order chi connectivity index (χ1) is 8.40. The van der Waals surface area contributed by atoms with Crippen LogP contribution in [0.2, 0.25) is 0 Å². The minimum absolute atomic E-state index is 0.578. The molecular formula is C13H17N3S. The van der Waals surface area contributed by atoms with E-state index in [9.17, 15) is 0 Å². The minimum Gasteiger partial charge on any atom is -0.326 e. The molecule has 1 aliphatic heterocycles. The predicted molar refractivity (Wildman–Crippen MR) is 72.4 cm³/mol. The number of hydrogen-bond acceptors (Lipinski definition) is 3. The fourth-order valence-corrected chi connectivity index (χ4v) is 3.66. The van der Waals surface area contributed by atoms with Gasteiger partial charge in [0.2, 0.25) is 0 Å². The van der Waals surface area contributed by atoms with Gasteiger partial charge in [-0.05, 0) is 30.2 Å². The van der Waals surface area contributed by atoms with Crippen molar-refractivity contribution in [1.29, 1.82) is 0 Å². The zero-order valence-corrected chi connectivity index (χ0v) is 10.6. The van der Waals surface area contributed by atoms with Crippen LogP contribution in [0.4, 0.5) is 0 Å². The Balaban J connectivity index is 2.05. The lowest BCUT2D eigenvalue weighted by Crippen LogP contribution is -2.12. The van der Waals surface area contributed by atoms with E-state index in [-0.39, 0.29) is 0 Å². The van der Waals surface area contributed by atoms with Crippen LogP contribution in [0.3, 0.4) is 0 Å². The lowest BCUT2D eigenvalue weighted by atomic mass is 10.0.